The maximum Gasteiger partial charge on any atom is 0.147 e. The van der Waals surface area contributed by atoms with Gasteiger partial charge in [0.2, 0.25) is 0 Å². The van der Waals surface area contributed by atoms with Crippen molar-refractivity contribution in [2.24, 2.45) is 5.92 Å². The van der Waals surface area contributed by atoms with Crippen molar-refractivity contribution in [1.29, 1.82) is 0 Å². The lowest BCUT2D eigenvalue weighted by Gasteiger charge is -2.29. The molecule has 2 rings (SSSR count). The number of nitrogens with zero attached hydrogens (tertiary/aromatic N) is 1. The van der Waals surface area contributed by atoms with Crippen molar-refractivity contribution in [3.8, 4) is 0 Å². The van der Waals surface area contributed by atoms with Crippen molar-refractivity contribution in [2.75, 3.05) is 17.7 Å². The summed E-state index contributed by atoms with van der Waals surface area (Å²) in [4.78, 5) is 4.45. The summed E-state index contributed by atoms with van der Waals surface area (Å²) in [5.41, 5.74) is 0. The Morgan fingerprint density at radius 2 is 1.80 bits per heavy atom. The van der Waals surface area contributed by atoms with E-state index < -0.39 is 0 Å². The Hall–Kier alpha value is -0.670. The van der Waals surface area contributed by atoms with E-state index in [2.05, 4.69) is 22.5 Å². The summed E-state index contributed by atoms with van der Waals surface area (Å²) in [7, 11) is 1.81. The fraction of sp³-hybridized carbons (Fsp3) is 0.667. The molecule has 5 heteroatoms. The summed E-state index contributed by atoms with van der Waals surface area (Å²) in [6, 6.07) is 2.21. The Bertz CT molecular complexity index is 443. The molecule has 0 amide bonds. The summed E-state index contributed by atoms with van der Waals surface area (Å²) in [6.45, 7) is 2.26. The van der Waals surface area contributed by atoms with E-state index in [0.29, 0.717) is 21.9 Å². The molecule has 1 aliphatic rings. The average Bonchev–Trinajstić information content (AvgIpc) is 2.44. The van der Waals surface area contributed by atoms with Gasteiger partial charge in [0.15, 0.2) is 0 Å². The molecule has 1 saturated carbocycles. The van der Waals surface area contributed by atoms with Crippen molar-refractivity contribution >= 4 is 34.8 Å². The van der Waals surface area contributed by atoms with Gasteiger partial charge < -0.3 is 10.6 Å². The molecule has 1 aromatic rings. The highest BCUT2D eigenvalue weighted by atomic mass is 35.5. The molecule has 1 fully saturated rings. The number of anilines is 2. The average molecular weight is 316 g/mol. The van der Waals surface area contributed by atoms with Crippen LogP contribution in [0.1, 0.15) is 45.4 Å². The third kappa shape index (κ3) is 3.92. The zero-order valence-electron chi connectivity index (χ0n) is 12.2. The van der Waals surface area contributed by atoms with E-state index in [9.17, 15) is 0 Å². The van der Waals surface area contributed by atoms with Crippen molar-refractivity contribution in [2.45, 2.75) is 51.5 Å². The molecular formula is C15H23Cl2N3. The highest BCUT2D eigenvalue weighted by Crippen LogP contribution is 2.33. The first kappa shape index (κ1) is 15.7. The summed E-state index contributed by atoms with van der Waals surface area (Å²) >= 11 is 12.3. The summed E-state index contributed by atoms with van der Waals surface area (Å²) in [5.74, 6) is 2.30. The predicted molar refractivity (Wildman–Crippen MR) is 88.1 cm³/mol. The second-order valence-corrected chi connectivity index (χ2v) is 6.36. The molecule has 20 heavy (non-hydrogen) atoms. The van der Waals surface area contributed by atoms with Crippen LogP contribution in [0.4, 0.5) is 11.6 Å². The van der Waals surface area contributed by atoms with Crippen LogP contribution in [0.3, 0.4) is 0 Å². The van der Waals surface area contributed by atoms with Crippen LogP contribution in [0.15, 0.2) is 6.07 Å². The quantitative estimate of drug-likeness (QED) is 0.784. The lowest BCUT2D eigenvalue weighted by Crippen LogP contribution is -2.26. The van der Waals surface area contributed by atoms with Gasteiger partial charge in [0.25, 0.3) is 0 Å². The van der Waals surface area contributed by atoms with E-state index >= 15 is 0 Å². The first-order chi connectivity index (χ1) is 9.63. The molecule has 3 nitrogen and oxygen atoms in total. The van der Waals surface area contributed by atoms with Crippen LogP contribution >= 0.6 is 23.2 Å². The van der Waals surface area contributed by atoms with Gasteiger partial charge >= 0.3 is 0 Å². The molecule has 1 aromatic heterocycles. The van der Waals surface area contributed by atoms with Crippen LogP contribution in [0, 0.1) is 5.92 Å². The van der Waals surface area contributed by atoms with Gasteiger partial charge in [0, 0.05) is 13.1 Å². The third-order valence-electron chi connectivity index (χ3n) is 4.05. The Labute approximate surface area is 131 Å². The Balaban J connectivity index is 1.97. The smallest absolute Gasteiger partial charge is 0.147 e. The number of hydrogen-bond donors (Lipinski definition) is 2. The topological polar surface area (TPSA) is 37.0 Å². The molecule has 0 bridgehead atoms. The number of hydrogen-bond acceptors (Lipinski definition) is 3. The minimum Gasteiger partial charge on any atom is -0.372 e. The van der Waals surface area contributed by atoms with E-state index in [4.69, 9.17) is 23.2 Å². The van der Waals surface area contributed by atoms with E-state index in [0.717, 1.165) is 11.7 Å². The molecule has 0 saturated heterocycles. The number of rotatable bonds is 5. The van der Waals surface area contributed by atoms with Crippen molar-refractivity contribution in [1.82, 2.24) is 4.98 Å². The van der Waals surface area contributed by atoms with Crippen LogP contribution in [0.5, 0.6) is 0 Å². The lowest BCUT2D eigenvalue weighted by molar-refractivity contribution is 0.318. The zero-order valence-corrected chi connectivity index (χ0v) is 13.7. The van der Waals surface area contributed by atoms with E-state index in [1.807, 2.05) is 7.05 Å². The maximum absolute atomic E-state index is 6.22. The van der Waals surface area contributed by atoms with Gasteiger partial charge in [-0.1, -0.05) is 43.0 Å². The number of nitrogens with one attached hydrogen (secondary N) is 2. The molecule has 1 aliphatic carbocycles. The van der Waals surface area contributed by atoms with Gasteiger partial charge in [-0.25, -0.2) is 4.98 Å². The van der Waals surface area contributed by atoms with Gasteiger partial charge in [-0.15, -0.1) is 0 Å². The fourth-order valence-corrected chi connectivity index (χ4v) is 3.45. The Kier molecular flexibility index (Phi) is 5.79. The standard InChI is InChI=1S/C15H23Cl2N3/c1-3-4-10-5-7-11(8-6-10)19-15-13(17)9-12(16)14(18-2)20-15/h9-11H,3-8H2,1-2H3,(H2,18,19,20). The van der Waals surface area contributed by atoms with Crippen LogP contribution in [-0.2, 0) is 0 Å². The van der Waals surface area contributed by atoms with Gasteiger partial charge in [0.05, 0.1) is 10.0 Å². The van der Waals surface area contributed by atoms with Crippen LogP contribution in [0.25, 0.3) is 0 Å². The molecule has 0 aromatic carbocycles. The first-order valence-electron chi connectivity index (χ1n) is 7.44. The van der Waals surface area contributed by atoms with Crippen LogP contribution < -0.4 is 10.6 Å². The number of aromatic nitrogens is 1. The second kappa shape index (κ2) is 7.37. The molecule has 1 heterocycles. The highest BCUT2D eigenvalue weighted by molar-refractivity contribution is 6.37. The summed E-state index contributed by atoms with van der Waals surface area (Å²) in [5, 5.41) is 7.59. The maximum atomic E-state index is 6.22. The van der Waals surface area contributed by atoms with Gasteiger partial charge in [-0.2, -0.15) is 0 Å². The van der Waals surface area contributed by atoms with Gasteiger partial charge in [0.1, 0.15) is 11.6 Å². The minimum atomic E-state index is 0.471. The Morgan fingerprint density at radius 3 is 2.40 bits per heavy atom. The van der Waals surface area contributed by atoms with E-state index in [1.54, 1.807) is 6.07 Å². The predicted octanol–water partition coefficient (Wildman–Crippen LogP) is 5.20. The normalized spacial score (nSPS) is 22.6. The van der Waals surface area contributed by atoms with E-state index in [-0.39, 0.29) is 0 Å². The van der Waals surface area contributed by atoms with Crippen molar-refractivity contribution < 1.29 is 0 Å². The monoisotopic (exact) mass is 315 g/mol. The second-order valence-electron chi connectivity index (χ2n) is 5.55. The minimum absolute atomic E-state index is 0.471. The Morgan fingerprint density at radius 1 is 1.15 bits per heavy atom. The molecule has 0 aliphatic heterocycles. The summed E-state index contributed by atoms with van der Waals surface area (Å²) in [6.07, 6.45) is 7.64. The molecule has 112 valence electrons. The number of pyridine rings is 1. The largest absolute Gasteiger partial charge is 0.372 e. The molecular weight excluding hydrogens is 293 g/mol. The molecule has 0 atom stereocenters. The van der Waals surface area contributed by atoms with Crippen molar-refractivity contribution in [3.05, 3.63) is 16.1 Å². The SMILES string of the molecule is CCCC1CCC(Nc2nc(NC)c(Cl)cc2Cl)CC1. The first-order valence-corrected chi connectivity index (χ1v) is 8.20. The third-order valence-corrected chi connectivity index (χ3v) is 4.63. The highest BCUT2D eigenvalue weighted by Gasteiger charge is 2.21. The van der Waals surface area contributed by atoms with E-state index in [1.165, 1.54) is 38.5 Å². The molecule has 0 unspecified atom stereocenters. The van der Waals surface area contributed by atoms with Crippen LogP contribution in [-0.4, -0.2) is 18.1 Å². The van der Waals surface area contributed by atoms with Gasteiger partial charge in [-0.3, -0.25) is 0 Å². The number of halogens is 2. The lowest BCUT2D eigenvalue weighted by atomic mass is 9.83. The van der Waals surface area contributed by atoms with Crippen molar-refractivity contribution in [3.63, 3.8) is 0 Å². The molecule has 2 N–H and O–H groups in total. The molecule has 0 radical (unpaired) electrons. The fourth-order valence-electron chi connectivity index (χ4n) is 2.94. The molecule has 0 spiro atoms. The summed E-state index contributed by atoms with van der Waals surface area (Å²) < 4.78 is 0. The zero-order chi connectivity index (χ0) is 14.5. The van der Waals surface area contributed by atoms with Gasteiger partial charge in [-0.05, 0) is 37.7 Å². The van der Waals surface area contributed by atoms with Crippen LogP contribution in [0.2, 0.25) is 10.0 Å².